The molecule has 0 aliphatic heterocycles. The Kier molecular flexibility index (Phi) is 3.49. The van der Waals surface area contributed by atoms with Gasteiger partial charge >= 0.3 is 5.97 Å². The maximum absolute atomic E-state index is 11.9. The molecule has 0 bridgehead atoms. The number of carbonyl (C=O) groups is 1. The Morgan fingerprint density at radius 3 is 2.76 bits per heavy atom. The highest BCUT2D eigenvalue weighted by molar-refractivity contribution is 9.10. The second-order valence-electron chi connectivity index (χ2n) is 3.28. The summed E-state index contributed by atoms with van der Waals surface area (Å²) in [4.78, 5) is 11.9. The number of aryl methyl sites for hydroxylation is 1. The van der Waals surface area contributed by atoms with E-state index >= 15 is 0 Å². The molecule has 4 nitrogen and oxygen atoms in total. The molecule has 1 aromatic carbocycles. The standard InChI is InChI=1S/C11H8BrClN2O2/c1-15-10(7(12)6-14-15)11(16)17-9-5-3-2-4-8(9)13/h2-6H,1H3. The molecule has 2 aromatic rings. The fourth-order valence-electron chi connectivity index (χ4n) is 1.32. The number of ether oxygens (including phenoxy) is 1. The zero-order chi connectivity index (χ0) is 12.4. The Balaban J connectivity index is 2.27. The number of aromatic nitrogens is 2. The van der Waals surface area contributed by atoms with Gasteiger partial charge in [-0.3, -0.25) is 4.68 Å². The van der Waals surface area contributed by atoms with Gasteiger partial charge in [0.2, 0.25) is 0 Å². The highest BCUT2D eigenvalue weighted by Gasteiger charge is 2.18. The lowest BCUT2D eigenvalue weighted by atomic mass is 10.3. The highest BCUT2D eigenvalue weighted by Crippen LogP contribution is 2.25. The van der Waals surface area contributed by atoms with E-state index in [0.29, 0.717) is 20.9 Å². The molecule has 0 N–H and O–H groups in total. The molecular weight excluding hydrogens is 307 g/mol. The number of para-hydroxylation sites is 1. The molecule has 1 aromatic heterocycles. The van der Waals surface area contributed by atoms with E-state index in [1.165, 1.54) is 10.9 Å². The lowest BCUT2D eigenvalue weighted by Gasteiger charge is -2.06. The minimum Gasteiger partial charge on any atom is -0.420 e. The molecule has 88 valence electrons. The molecule has 2 rings (SSSR count). The third-order valence-corrected chi connectivity index (χ3v) is 3.02. The lowest BCUT2D eigenvalue weighted by molar-refractivity contribution is 0.0722. The van der Waals surface area contributed by atoms with Gasteiger partial charge in [-0.2, -0.15) is 5.10 Å². The maximum atomic E-state index is 11.9. The molecule has 1 heterocycles. The normalized spacial score (nSPS) is 10.3. The Morgan fingerprint density at radius 1 is 1.47 bits per heavy atom. The number of halogens is 2. The predicted octanol–water partition coefficient (Wildman–Crippen LogP) is 3.06. The average Bonchev–Trinajstić information content (AvgIpc) is 2.62. The molecule has 17 heavy (non-hydrogen) atoms. The van der Waals surface area contributed by atoms with Crippen LogP contribution in [0.3, 0.4) is 0 Å². The molecule has 0 aliphatic rings. The van der Waals surface area contributed by atoms with E-state index < -0.39 is 5.97 Å². The Labute approximate surface area is 111 Å². The van der Waals surface area contributed by atoms with Crippen molar-refractivity contribution in [2.24, 2.45) is 7.05 Å². The monoisotopic (exact) mass is 314 g/mol. The van der Waals surface area contributed by atoms with Crippen LogP contribution in [-0.2, 0) is 7.05 Å². The van der Waals surface area contributed by atoms with Crippen LogP contribution < -0.4 is 4.74 Å². The maximum Gasteiger partial charge on any atom is 0.363 e. The zero-order valence-corrected chi connectivity index (χ0v) is 11.2. The Morgan fingerprint density at radius 2 is 2.18 bits per heavy atom. The number of hydrogen-bond donors (Lipinski definition) is 0. The molecular formula is C11H8BrClN2O2. The number of carbonyl (C=O) groups excluding carboxylic acids is 1. The van der Waals surface area contributed by atoms with Crippen LogP contribution in [0.4, 0.5) is 0 Å². The first-order chi connectivity index (χ1) is 8.09. The summed E-state index contributed by atoms with van der Waals surface area (Å²) in [5.74, 6) is -0.183. The van der Waals surface area contributed by atoms with Crippen molar-refractivity contribution in [3.63, 3.8) is 0 Å². The van der Waals surface area contributed by atoms with Crippen LogP contribution in [-0.4, -0.2) is 15.7 Å². The second kappa shape index (κ2) is 4.89. The second-order valence-corrected chi connectivity index (χ2v) is 4.55. The van der Waals surface area contributed by atoms with E-state index in [-0.39, 0.29) is 0 Å². The summed E-state index contributed by atoms with van der Waals surface area (Å²) in [6, 6.07) is 6.79. The van der Waals surface area contributed by atoms with Crippen LogP contribution in [0.15, 0.2) is 34.9 Å². The van der Waals surface area contributed by atoms with Gasteiger partial charge in [0.1, 0.15) is 5.75 Å². The summed E-state index contributed by atoms with van der Waals surface area (Å²) in [5, 5.41) is 4.33. The highest BCUT2D eigenvalue weighted by atomic mass is 79.9. The van der Waals surface area contributed by atoms with Gasteiger partial charge in [-0.25, -0.2) is 4.79 Å². The van der Waals surface area contributed by atoms with Crippen molar-refractivity contribution >= 4 is 33.5 Å². The van der Waals surface area contributed by atoms with Gasteiger partial charge < -0.3 is 4.74 Å². The van der Waals surface area contributed by atoms with Crippen LogP contribution in [0.5, 0.6) is 5.75 Å². The van der Waals surface area contributed by atoms with Crippen LogP contribution in [0.2, 0.25) is 5.02 Å². The summed E-state index contributed by atoms with van der Waals surface area (Å²) in [6.07, 6.45) is 1.53. The van der Waals surface area contributed by atoms with Crippen LogP contribution in [0, 0.1) is 0 Å². The first kappa shape index (κ1) is 12.1. The van der Waals surface area contributed by atoms with Gasteiger partial charge in [0.15, 0.2) is 5.69 Å². The largest absolute Gasteiger partial charge is 0.420 e. The van der Waals surface area contributed by atoms with Crippen molar-refractivity contribution in [1.29, 1.82) is 0 Å². The third-order valence-electron chi connectivity index (χ3n) is 2.13. The van der Waals surface area contributed by atoms with E-state index in [0.717, 1.165) is 0 Å². The number of esters is 1. The number of benzene rings is 1. The molecule has 0 saturated carbocycles. The first-order valence-corrected chi connectivity index (χ1v) is 5.91. The van der Waals surface area contributed by atoms with Gasteiger partial charge in [-0.05, 0) is 28.1 Å². The molecule has 0 saturated heterocycles. The molecule has 0 unspecified atom stereocenters. The van der Waals surface area contributed by atoms with Gasteiger partial charge in [-0.1, -0.05) is 23.7 Å². The molecule has 0 fully saturated rings. The van der Waals surface area contributed by atoms with Crippen LogP contribution in [0.1, 0.15) is 10.5 Å². The van der Waals surface area contributed by atoms with E-state index in [4.69, 9.17) is 16.3 Å². The van der Waals surface area contributed by atoms with Crippen molar-refractivity contribution < 1.29 is 9.53 Å². The predicted molar refractivity (Wildman–Crippen MR) is 67.3 cm³/mol. The molecule has 0 radical (unpaired) electrons. The average molecular weight is 316 g/mol. The minimum absolute atomic E-state index is 0.326. The SMILES string of the molecule is Cn1ncc(Br)c1C(=O)Oc1ccccc1Cl. The molecule has 6 heteroatoms. The van der Waals surface area contributed by atoms with Crippen molar-refractivity contribution in [2.75, 3.05) is 0 Å². The summed E-state index contributed by atoms with van der Waals surface area (Å²) >= 11 is 9.13. The fourth-order valence-corrected chi connectivity index (χ4v) is 2.00. The Hall–Kier alpha value is -1.33. The topological polar surface area (TPSA) is 44.1 Å². The van der Waals surface area contributed by atoms with E-state index in [9.17, 15) is 4.79 Å². The Bertz CT molecular complexity index is 549. The quantitative estimate of drug-likeness (QED) is 0.632. The molecule has 0 spiro atoms. The smallest absolute Gasteiger partial charge is 0.363 e. The summed E-state index contributed by atoms with van der Waals surface area (Å²) < 4.78 is 7.20. The summed E-state index contributed by atoms with van der Waals surface area (Å²) in [7, 11) is 1.66. The van der Waals surface area contributed by atoms with Gasteiger partial charge in [0.25, 0.3) is 0 Å². The van der Waals surface area contributed by atoms with Crippen LogP contribution >= 0.6 is 27.5 Å². The van der Waals surface area contributed by atoms with Gasteiger partial charge in [-0.15, -0.1) is 0 Å². The summed E-state index contributed by atoms with van der Waals surface area (Å²) in [6.45, 7) is 0. The molecule has 0 amide bonds. The first-order valence-electron chi connectivity index (χ1n) is 4.74. The van der Waals surface area contributed by atoms with Crippen molar-refractivity contribution in [3.8, 4) is 5.75 Å². The molecule has 0 aliphatic carbocycles. The van der Waals surface area contributed by atoms with Gasteiger partial charge in [0.05, 0.1) is 15.7 Å². The molecule has 0 atom stereocenters. The van der Waals surface area contributed by atoms with Crippen molar-refractivity contribution in [2.45, 2.75) is 0 Å². The number of hydrogen-bond acceptors (Lipinski definition) is 3. The number of nitrogens with zero attached hydrogens (tertiary/aromatic N) is 2. The number of rotatable bonds is 2. The zero-order valence-electron chi connectivity index (χ0n) is 8.85. The lowest BCUT2D eigenvalue weighted by Crippen LogP contribution is -2.14. The summed E-state index contributed by atoms with van der Waals surface area (Å²) in [5.41, 5.74) is 0.338. The fraction of sp³-hybridized carbons (Fsp3) is 0.0909. The van der Waals surface area contributed by atoms with Crippen molar-refractivity contribution in [3.05, 3.63) is 45.7 Å². The van der Waals surface area contributed by atoms with E-state index in [2.05, 4.69) is 21.0 Å². The van der Waals surface area contributed by atoms with Crippen molar-refractivity contribution in [1.82, 2.24) is 9.78 Å². The minimum atomic E-state index is -0.509. The van der Waals surface area contributed by atoms with E-state index in [1.54, 1.807) is 31.3 Å². The third kappa shape index (κ3) is 2.50. The van der Waals surface area contributed by atoms with Crippen LogP contribution in [0.25, 0.3) is 0 Å². The van der Waals surface area contributed by atoms with E-state index in [1.807, 2.05) is 0 Å². The van der Waals surface area contributed by atoms with Gasteiger partial charge in [0, 0.05) is 7.05 Å².